The Bertz CT molecular complexity index is 1110. The molecule has 2 aromatic carbocycles. The molecule has 1 aliphatic heterocycles. The number of phenolic OH excluding ortho intramolecular Hbond substituents is 1. The molecule has 2 amide bonds. The number of nitrogens with zero attached hydrogens (tertiary/aromatic N) is 2. The molecule has 2 N–H and O–H groups in total. The maximum absolute atomic E-state index is 12.7. The fraction of sp³-hybridized carbons (Fsp3) is 0.150. The molecular weight excluding hydrogens is 462 g/mol. The third kappa shape index (κ3) is 5.60. The van der Waals surface area contributed by atoms with E-state index in [0.29, 0.717) is 26.2 Å². The van der Waals surface area contributed by atoms with E-state index >= 15 is 0 Å². The van der Waals surface area contributed by atoms with Gasteiger partial charge in [-0.1, -0.05) is 53.8 Å². The van der Waals surface area contributed by atoms with Crippen molar-refractivity contribution in [2.24, 2.45) is 0 Å². The number of thioether (sulfide) groups is 1. The predicted molar refractivity (Wildman–Crippen MR) is 124 cm³/mol. The van der Waals surface area contributed by atoms with Crippen molar-refractivity contribution in [3.63, 3.8) is 0 Å². The van der Waals surface area contributed by atoms with Crippen molar-refractivity contribution in [1.82, 2.24) is 4.90 Å². The first-order valence-electron chi connectivity index (χ1n) is 9.03. The van der Waals surface area contributed by atoms with E-state index in [1.165, 1.54) is 16.7 Å². The maximum Gasteiger partial charge on any atom is 0.271 e. The Kier molecular flexibility index (Phi) is 7.26. The predicted octanol–water partition coefficient (Wildman–Crippen LogP) is 4.57. The van der Waals surface area contributed by atoms with Gasteiger partial charge in [0.15, 0.2) is 0 Å². The summed E-state index contributed by atoms with van der Waals surface area (Å²) < 4.78 is 0.389. The first kappa shape index (κ1) is 22.7. The molecule has 160 valence electrons. The number of amides is 2. The third-order valence-electron chi connectivity index (χ3n) is 4.32. The van der Waals surface area contributed by atoms with Gasteiger partial charge in [-0.05, 0) is 30.2 Å². The van der Waals surface area contributed by atoms with Gasteiger partial charge in [-0.3, -0.25) is 24.6 Å². The van der Waals surface area contributed by atoms with Gasteiger partial charge in [0.2, 0.25) is 5.91 Å². The van der Waals surface area contributed by atoms with Gasteiger partial charge in [0.05, 0.1) is 15.5 Å². The Morgan fingerprint density at radius 1 is 1.32 bits per heavy atom. The van der Waals surface area contributed by atoms with E-state index in [1.54, 1.807) is 24.3 Å². The van der Waals surface area contributed by atoms with Gasteiger partial charge in [-0.2, -0.15) is 0 Å². The number of non-ortho nitro benzene ring substituents is 1. The molecule has 1 fully saturated rings. The number of aromatic hydroxyl groups is 1. The minimum Gasteiger partial charge on any atom is -0.506 e. The average Bonchev–Trinajstić information content (AvgIpc) is 2.98. The Morgan fingerprint density at radius 3 is 2.77 bits per heavy atom. The Hall–Kier alpha value is -2.95. The molecule has 0 spiro atoms. The van der Waals surface area contributed by atoms with E-state index in [1.807, 2.05) is 6.07 Å². The van der Waals surface area contributed by atoms with Crippen LogP contribution >= 0.6 is 35.6 Å². The van der Waals surface area contributed by atoms with Crippen LogP contribution in [-0.4, -0.2) is 37.6 Å². The van der Waals surface area contributed by atoms with Crippen LogP contribution in [0.3, 0.4) is 0 Å². The SMILES string of the molecule is O=C(CCCN1C(=O)/C(=C\c2ccccc2Cl)SC1=S)Nc1cc([N+](=O)[O-])ccc1O. The lowest BCUT2D eigenvalue weighted by molar-refractivity contribution is -0.384. The second kappa shape index (κ2) is 9.90. The van der Waals surface area contributed by atoms with Gasteiger partial charge < -0.3 is 10.4 Å². The minimum absolute atomic E-state index is 0.0305. The zero-order valence-corrected chi connectivity index (χ0v) is 18.3. The van der Waals surface area contributed by atoms with E-state index < -0.39 is 10.8 Å². The van der Waals surface area contributed by atoms with Crippen LogP contribution in [0.1, 0.15) is 18.4 Å². The minimum atomic E-state index is -0.625. The average molecular weight is 478 g/mol. The normalized spacial score (nSPS) is 14.9. The number of anilines is 1. The molecule has 0 bridgehead atoms. The molecule has 1 heterocycles. The van der Waals surface area contributed by atoms with E-state index in [0.717, 1.165) is 18.2 Å². The van der Waals surface area contributed by atoms with Crippen molar-refractivity contribution >= 4 is 69.2 Å². The molecule has 1 saturated heterocycles. The summed E-state index contributed by atoms with van der Waals surface area (Å²) in [6.45, 7) is 0.235. The van der Waals surface area contributed by atoms with Crippen LogP contribution in [-0.2, 0) is 9.59 Å². The summed E-state index contributed by atoms with van der Waals surface area (Å²) >= 11 is 12.6. The van der Waals surface area contributed by atoms with Crippen LogP contribution in [0.4, 0.5) is 11.4 Å². The van der Waals surface area contributed by atoms with Gasteiger partial charge in [0, 0.05) is 30.1 Å². The number of halogens is 1. The number of thiocarbonyl (C=S) groups is 1. The molecule has 0 aromatic heterocycles. The number of rotatable bonds is 7. The van der Waals surface area contributed by atoms with Crippen molar-refractivity contribution in [3.8, 4) is 5.75 Å². The van der Waals surface area contributed by atoms with E-state index in [2.05, 4.69) is 5.32 Å². The molecule has 2 aromatic rings. The molecule has 0 saturated carbocycles. The summed E-state index contributed by atoms with van der Waals surface area (Å²) in [6.07, 6.45) is 2.02. The largest absolute Gasteiger partial charge is 0.506 e. The summed E-state index contributed by atoms with van der Waals surface area (Å²) in [6, 6.07) is 10.5. The topological polar surface area (TPSA) is 113 Å². The number of carbonyl (C=O) groups is 2. The molecule has 8 nitrogen and oxygen atoms in total. The highest BCUT2D eigenvalue weighted by molar-refractivity contribution is 8.26. The van der Waals surface area contributed by atoms with E-state index in [4.69, 9.17) is 23.8 Å². The number of carbonyl (C=O) groups excluding carboxylic acids is 2. The van der Waals surface area contributed by atoms with Crippen LogP contribution in [0.25, 0.3) is 6.08 Å². The number of benzene rings is 2. The lowest BCUT2D eigenvalue weighted by Crippen LogP contribution is -2.29. The molecule has 11 heteroatoms. The molecule has 0 atom stereocenters. The lowest BCUT2D eigenvalue weighted by atomic mass is 10.2. The summed E-state index contributed by atoms with van der Waals surface area (Å²) in [7, 11) is 0. The first-order valence-corrected chi connectivity index (χ1v) is 10.6. The van der Waals surface area contributed by atoms with Gasteiger partial charge in [0.1, 0.15) is 10.1 Å². The number of hydrogen-bond donors (Lipinski definition) is 2. The van der Waals surface area contributed by atoms with Crippen molar-refractivity contribution < 1.29 is 19.6 Å². The van der Waals surface area contributed by atoms with Crippen LogP contribution in [0.2, 0.25) is 5.02 Å². The summed E-state index contributed by atoms with van der Waals surface area (Å²) in [5.41, 5.74) is 0.407. The van der Waals surface area contributed by atoms with Gasteiger partial charge >= 0.3 is 0 Å². The van der Waals surface area contributed by atoms with Crippen molar-refractivity contribution in [2.75, 3.05) is 11.9 Å². The first-order chi connectivity index (χ1) is 14.8. The highest BCUT2D eigenvalue weighted by Crippen LogP contribution is 2.34. The lowest BCUT2D eigenvalue weighted by Gasteiger charge is -2.14. The zero-order valence-electron chi connectivity index (χ0n) is 15.9. The number of phenols is 1. The van der Waals surface area contributed by atoms with Crippen molar-refractivity contribution in [3.05, 3.63) is 68.1 Å². The van der Waals surface area contributed by atoms with Crippen molar-refractivity contribution in [2.45, 2.75) is 12.8 Å². The Morgan fingerprint density at radius 2 is 2.06 bits per heavy atom. The second-order valence-corrected chi connectivity index (χ2v) is 8.55. The summed E-state index contributed by atoms with van der Waals surface area (Å²) in [5.74, 6) is -0.986. The van der Waals surface area contributed by atoms with Crippen LogP contribution in [0, 0.1) is 10.1 Å². The molecule has 0 radical (unpaired) electrons. The van der Waals surface area contributed by atoms with Gasteiger partial charge in [-0.15, -0.1) is 0 Å². The maximum atomic E-state index is 12.7. The van der Waals surface area contributed by atoms with E-state index in [-0.39, 0.29) is 36.0 Å². The smallest absolute Gasteiger partial charge is 0.271 e. The quantitative estimate of drug-likeness (QED) is 0.197. The van der Waals surface area contributed by atoms with Gasteiger partial charge in [-0.25, -0.2) is 0 Å². The van der Waals surface area contributed by atoms with Crippen molar-refractivity contribution in [1.29, 1.82) is 0 Å². The zero-order chi connectivity index (χ0) is 22.5. The van der Waals surface area contributed by atoms with Crippen LogP contribution in [0.5, 0.6) is 5.75 Å². The van der Waals surface area contributed by atoms with E-state index in [9.17, 15) is 24.8 Å². The molecule has 3 rings (SSSR count). The fourth-order valence-electron chi connectivity index (χ4n) is 2.77. The van der Waals surface area contributed by atoms with Crippen LogP contribution < -0.4 is 5.32 Å². The highest BCUT2D eigenvalue weighted by atomic mass is 35.5. The standard InChI is InChI=1S/C20H16ClN3O5S2/c21-14-5-2-1-4-12(14)10-17-19(27)23(20(30)31-17)9-3-6-18(26)22-15-11-13(24(28)29)7-8-16(15)25/h1-2,4-5,7-8,10-11,25H,3,6,9H2,(H,22,26)/b17-10+. The Labute approximate surface area is 192 Å². The molecule has 31 heavy (non-hydrogen) atoms. The molecule has 0 aliphatic carbocycles. The Balaban J connectivity index is 1.57. The third-order valence-corrected chi connectivity index (χ3v) is 6.04. The molecular formula is C20H16ClN3O5S2. The number of nitrogens with one attached hydrogen (secondary N) is 1. The number of nitro groups is 1. The van der Waals surface area contributed by atoms with Gasteiger partial charge in [0.25, 0.3) is 11.6 Å². The monoisotopic (exact) mass is 477 g/mol. The highest BCUT2D eigenvalue weighted by Gasteiger charge is 2.31. The number of hydrogen-bond acceptors (Lipinski definition) is 7. The van der Waals surface area contributed by atoms with Crippen LogP contribution in [0.15, 0.2) is 47.4 Å². The fourth-order valence-corrected chi connectivity index (χ4v) is 4.26. The molecule has 1 aliphatic rings. The summed E-state index contributed by atoms with van der Waals surface area (Å²) in [4.78, 5) is 36.9. The second-order valence-electron chi connectivity index (χ2n) is 6.47. The number of nitro benzene ring substituents is 1. The summed E-state index contributed by atoms with van der Waals surface area (Å²) in [5, 5.41) is 23.6. The molecule has 0 unspecified atom stereocenters.